The van der Waals surface area contributed by atoms with Crippen molar-refractivity contribution in [2.45, 2.75) is 47.1 Å². The molecule has 2 rings (SSSR count). The highest BCUT2D eigenvalue weighted by Gasteiger charge is 2.34. The number of carbonyl (C=O) groups is 1. The van der Waals surface area contributed by atoms with Gasteiger partial charge in [0, 0.05) is 30.3 Å². The van der Waals surface area contributed by atoms with Crippen LogP contribution in [0.5, 0.6) is 0 Å². The first-order valence-electron chi connectivity index (χ1n) is 7.48. The molecular formula is C16H25BrN2O. The van der Waals surface area contributed by atoms with Crippen LogP contribution in [-0.4, -0.2) is 28.5 Å². The summed E-state index contributed by atoms with van der Waals surface area (Å²) < 4.78 is 3.05. The molecule has 0 radical (unpaired) electrons. The van der Waals surface area contributed by atoms with E-state index in [-0.39, 0.29) is 11.3 Å². The lowest BCUT2D eigenvalue weighted by molar-refractivity contribution is 0.0765. The molecule has 0 bridgehead atoms. The number of halogens is 1. The van der Waals surface area contributed by atoms with E-state index in [0.29, 0.717) is 5.92 Å². The lowest BCUT2D eigenvalue weighted by Crippen LogP contribution is -2.32. The average Bonchev–Trinajstić information content (AvgIpc) is 2.95. The van der Waals surface area contributed by atoms with E-state index in [4.69, 9.17) is 0 Å². The van der Waals surface area contributed by atoms with E-state index < -0.39 is 0 Å². The van der Waals surface area contributed by atoms with Gasteiger partial charge < -0.3 is 9.47 Å². The highest BCUT2D eigenvalue weighted by Crippen LogP contribution is 2.34. The summed E-state index contributed by atoms with van der Waals surface area (Å²) >= 11 is 3.48. The SMILES string of the molecule is CCCn1cc(Br)cc1C(=O)N1CCC(C(C)(C)C)C1. The van der Waals surface area contributed by atoms with Gasteiger partial charge in [-0.1, -0.05) is 27.7 Å². The van der Waals surface area contributed by atoms with Gasteiger partial charge in [0.1, 0.15) is 5.69 Å². The Bertz CT molecular complexity index is 487. The summed E-state index contributed by atoms with van der Waals surface area (Å²) in [5.74, 6) is 0.778. The fourth-order valence-corrected chi connectivity index (χ4v) is 3.36. The number of likely N-dealkylation sites (tertiary alicyclic amines) is 1. The normalized spacial score (nSPS) is 19.6. The molecule has 0 N–H and O–H groups in total. The monoisotopic (exact) mass is 340 g/mol. The van der Waals surface area contributed by atoms with Crippen LogP contribution in [0.1, 0.15) is 51.0 Å². The van der Waals surface area contributed by atoms with Crippen molar-refractivity contribution in [3.05, 3.63) is 22.4 Å². The van der Waals surface area contributed by atoms with E-state index in [1.165, 1.54) is 0 Å². The molecule has 20 heavy (non-hydrogen) atoms. The highest BCUT2D eigenvalue weighted by molar-refractivity contribution is 9.10. The Balaban J connectivity index is 2.13. The third-order valence-electron chi connectivity index (χ3n) is 4.25. The third-order valence-corrected chi connectivity index (χ3v) is 4.68. The van der Waals surface area contributed by atoms with E-state index in [1.54, 1.807) is 0 Å². The maximum Gasteiger partial charge on any atom is 0.270 e. The minimum atomic E-state index is 0.177. The summed E-state index contributed by atoms with van der Waals surface area (Å²) in [5.41, 5.74) is 1.09. The summed E-state index contributed by atoms with van der Waals surface area (Å²) in [7, 11) is 0. The van der Waals surface area contributed by atoms with E-state index in [2.05, 4.69) is 48.2 Å². The zero-order valence-corrected chi connectivity index (χ0v) is 14.5. The summed E-state index contributed by atoms with van der Waals surface area (Å²) in [5, 5.41) is 0. The second-order valence-electron chi connectivity index (χ2n) is 6.84. The van der Waals surface area contributed by atoms with E-state index in [1.807, 2.05) is 17.2 Å². The number of aromatic nitrogens is 1. The molecule has 1 aliphatic rings. The Morgan fingerprint density at radius 2 is 2.15 bits per heavy atom. The number of hydrogen-bond acceptors (Lipinski definition) is 1. The fraction of sp³-hybridized carbons (Fsp3) is 0.688. The van der Waals surface area contributed by atoms with Gasteiger partial charge in [0.15, 0.2) is 0 Å². The molecule has 0 aliphatic carbocycles. The van der Waals surface area contributed by atoms with Gasteiger partial charge in [0.25, 0.3) is 5.91 Å². The number of rotatable bonds is 3. The molecule has 3 nitrogen and oxygen atoms in total. The predicted octanol–water partition coefficient (Wildman–Crippen LogP) is 4.17. The summed E-state index contributed by atoms with van der Waals surface area (Å²) in [6, 6.07) is 1.95. The second kappa shape index (κ2) is 5.92. The molecule has 1 saturated heterocycles. The number of hydrogen-bond donors (Lipinski definition) is 0. The van der Waals surface area contributed by atoms with E-state index in [0.717, 1.165) is 42.6 Å². The topological polar surface area (TPSA) is 25.2 Å². The minimum absolute atomic E-state index is 0.177. The van der Waals surface area contributed by atoms with Gasteiger partial charge in [-0.25, -0.2) is 0 Å². The van der Waals surface area contributed by atoms with Crippen LogP contribution in [0.4, 0.5) is 0 Å². The van der Waals surface area contributed by atoms with Gasteiger partial charge in [-0.05, 0) is 46.2 Å². The Morgan fingerprint density at radius 1 is 1.45 bits per heavy atom. The number of nitrogens with zero attached hydrogens (tertiary/aromatic N) is 2. The van der Waals surface area contributed by atoms with Crippen molar-refractivity contribution in [3.8, 4) is 0 Å². The quantitative estimate of drug-likeness (QED) is 0.810. The van der Waals surface area contributed by atoms with Crippen LogP contribution >= 0.6 is 15.9 Å². The van der Waals surface area contributed by atoms with Gasteiger partial charge in [-0.3, -0.25) is 4.79 Å². The van der Waals surface area contributed by atoms with Crippen molar-refractivity contribution in [2.75, 3.05) is 13.1 Å². The van der Waals surface area contributed by atoms with Gasteiger partial charge in [-0.2, -0.15) is 0 Å². The van der Waals surface area contributed by atoms with Crippen LogP contribution in [-0.2, 0) is 6.54 Å². The van der Waals surface area contributed by atoms with Gasteiger partial charge in [0.2, 0.25) is 0 Å². The summed E-state index contributed by atoms with van der Waals surface area (Å²) in [6.07, 6.45) is 4.16. The zero-order chi connectivity index (χ0) is 14.9. The van der Waals surface area contributed by atoms with Crippen LogP contribution in [0.15, 0.2) is 16.7 Å². The van der Waals surface area contributed by atoms with E-state index >= 15 is 0 Å². The molecule has 2 heterocycles. The Labute approximate surface area is 130 Å². The van der Waals surface area contributed by atoms with Crippen LogP contribution in [0.2, 0.25) is 0 Å². The Morgan fingerprint density at radius 3 is 2.70 bits per heavy atom. The van der Waals surface area contributed by atoms with Crippen molar-refractivity contribution in [1.29, 1.82) is 0 Å². The summed E-state index contributed by atoms with van der Waals surface area (Å²) in [4.78, 5) is 14.7. The fourth-order valence-electron chi connectivity index (χ4n) is 2.89. The lowest BCUT2D eigenvalue weighted by Gasteiger charge is -2.27. The van der Waals surface area contributed by atoms with Crippen molar-refractivity contribution < 1.29 is 4.79 Å². The maximum atomic E-state index is 12.7. The number of amides is 1. The smallest absolute Gasteiger partial charge is 0.270 e. The van der Waals surface area contributed by atoms with Crippen LogP contribution in [0, 0.1) is 11.3 Å². The molecular weight excluding hydrogens is 316 g/mol. The van der Waals surface area contributed by atoms with Crippen molar-refractivity contribution >= 4 is 21.8 Å². The largest absolute Gasteiger partial charge is 0.342 e. The zero-order valence-electron chi connectivity index (χ0n) is 12.9. The number of carbonyl (C=O) groups excluding carboxylic acids is 1. The molecule has 1 fully saturated rings. The molecule has 0 spiro atoms. The highest BCUT2D eigenvalue weighted by atomic mass is 79.9. The van der Waals surface area contributed by atoms with Crippen LogP contribution in [0.3, 0.4) is 0 Å². The Kier molecular flexibility index (Phi) is 4.62. The molecule has 4 heteroatoms. The third kappa shape index (κ3) is 3.27. The first kappa shape index (κ1) is 15.6. The minimum Gasteiger partial charge on any atom is -0.342 e. The standard InChI is InChI=1S/C16H25BrN2O/c1-5-7-18-11-13(17)9-14(18)15(20)19-8-6-12(10-19)16(2,3)4/h9,11-12H,5-8,10H2,1-4H3. The maximum absolute atomic E-state index is 12.7. The van der Waals surface area contributed by atoms with Gasteiger partial charge in [-0.15, -0.1) is 0 Å². The number of aryl methyl sites for hydroxylation is 1. The average molecular weight is 341 g/mol. The molecule has 1 aromatic rings. The summed E-state index contributed by atoms with van der Waals surface area (Å²) in [6.45, 7) is 11.6. The molecule has 112 valence electrons. The molecule has 0 aromatic carbocycles. The van der Waals surface area contributed by atoms with Crippen LogP contribution in [0.25, 0.3) is 0 Å². The van der Waals surface area contributed by atoms with Gasteiger partial charge >= 0.3 is 0 Å². The van der Waals surface area contributed by atoms with Crippen molar-refractivity contribution in [3.63, 3.8) is 0 Å². The first-order valence-corrected chi connectivity index (χ1v) is 8.27. The predicted molar refractivity (Wildman–Crippen MR) is 85.9 cm³/mol. The van der Waals surface area contributed by atoms with Crippen LogP contribution < -0.4 is 0 Å². The lowest BCUT2D eigenvalue weighted by atomic mass is 9.80. The molecule has 1 amide bonds. The molecule has 1 aliphatic heterocycles. The first-order chi connectivity index (χ1) is 9.32. The van der Waals surface area contributed by atoms with Gasteiger partial charge in [0.05, 0.1) is 0 Å². The second-order valence-corrected chi connectivity index (χ2v) is 7.76. The Hall–Kier alpha value is -0.770. The molecule has 1 atom stereocenters. The van der Waals surface area contributed by atoms with Crippen molar-refractivity contribution in [2.24, 2.45) is 11.3 Å². The molecule has 0 saturated carbocycles. The molecule has 1 aromatic heterocycles. The van der Waals surface area contributed by atoms with E-state index in [9.17, 15) is 4.79 Å². The van der Waals surface area contributed by atoms with Crippen molar-refractivity contribution in [1.82, 2.24) is 9.47 Å². The molecule has 1 unspecified atom stereocenters.